The van der Waals surface area contributed by atoms with E-state index >= 15 is 0 Å². The van der Waals surface area contributed by atoms with Crippen LogP contribution in [0, 0.1) is 0 Å². The van der Waals surface area contributed by atoms with E-state index in [9.17, 15) is 0 Å². The number of rotatable bonds is 3. The third-order valence-electron chi connectivity index (χ3n) is 2.65. The van der Waals surface area contributed by atoms with Crippen LogP contribution in [0.3, 0.4) is 0 Å². The Hall–Kier alpha value is -0.510. The van der Waals surface area contributed by atoms with Crippen LogP contribution in [0.1, 0.15) is 25.1 Å². The normalized spacial score (nSPS) is 13.2. The van der Waals surface area contributed by atoms with Crippen molar-refractivity contribution in [2.45, 2.75) is 19.4 Å². The third-order valence-corrected chi connectivity index (χ3v) is 3.39. The number of nitrogens with one attached hydrogen (secondary N) is 1. The van der Waals surface area contributed by atoms with Crippen LogP contribution in [-0.2, 0) is 0 Å². The SMILES string of the molecule is CCC(NC)c1cc2cc(Br)cc(Cl)c2o1. The van der Waals surface area contributed by atoms with Crippen molar-refractivity contribution in [3.63, 3.8) is 0 Å². The van der Waals surface area contributed by atoms with Gasteiger partial charge in [0.1, 0.15) is 5.76 Å². The highest BCUT2D eigenvalue weighted by molar-refractivity contribution is 9.10. The van der Waals surface area contributed by atoms with E-state index in [-0.39, 0.29) is 6.04 Å². The van der Waals surface area contributed by atoms with E-state index in [1.807, 2.05) is 25.2 Å². The Morgan fingerprint density at radius 2 is 2.19 bits per heavy atom. The minimum Gasteiger partial charge on any atom is -0.458 e. The van der Waals surface area contributed by atoms with E-state index in [0.717, 1.165) is 27.6 Å². The molecular formula is C12H13BrClNO. The maximum atomic E-state index is 6.12. The molecule has 16 heavy (non-hydrogen) atoms. The van der Waals surface area contributed by atoms with Crippen molar-refractivity contribution in [2.75, 3.05) is 7.05 Å². The predicted molar refractivity (Wildman–Crippen MR) is 71.0 cm³/mol. The first-order valence-corrected chi connectivity index (χ1v) is 6.38. The summed E-state index contributed by atoms with van der Waals surface area (Å²) in [4.78, 5) is 0. The molecule has 1 aromatic carbocycles. The fourth-order valence-corrected chi connectivity index (χ4v) is 2.69. The number of fused-ring (bicyclic) bond motifs is 1. The molecule has 2 nitrogen and oxygen atoms in total. The van der Waals surface area contributed by atoms with E-state index in [1.54, 1.807) is 0 Å². The molecule has 4 heteroatoms. The summed E-state index contributed by atoms with van der Waals surface area (Å²) in [6, 6.07) is 6.13. The second-order valence-electron chi connectivity index (χ2n) is 3.70. The van der Waals surface area contributed by atoms with Crippen molar-refractivity contribution in [3.05, 3.63) is 33.5 Å². The maximum Gasteiger partial charge on any atom is 0.153 e. The average Bonchev–Trinajstić information content (AvgIpc) is 2.63. The number of halogens is 2. The average molecular weight is 303 g/mol. The highest BCUT2D eigenvalue weighted by atomic mass is 79.9. The van der Waals surface area contributed by atoms with Crippen LogP contribution in [0.5, 0.6) is 0 Å². The largest absolute Gasteiger partial charge is 0.458 e. The van der Waals surface area contributed by atoms with Gasteiger partial charge in [-0.2, -0.15) is 0 Å². The molecule has 86 valence electrons. The lowest BCUT2D eigenvalue weighted by molar-refractivity contribution is 0.444. The molecule has 1 unspecified atom stereocenters. The summed E-state index contributed by atoms with van der Waals surface area (Å²) in [7, 11) is 1.93. The molecule has 0 aliphatic heterocycles. The summed E-state index contributed by atoms with van der Waals surface area (Å²) >= 11 is 9.54. The number of furan rings is 1. The Balaban J connectivity index is 2.55. The van der Waals surface area contributed by atoms with Crippen molar-refractivity contribution in [1.82, 2.24) is 5.32 Å². The van der Waals surface area contributed by atoms with Crippen molar-refractivity contribution >= 4 is 38.5 Å². The second kappa shape index (κ2) is 4.78. The second-order valence-corrected chi connectivity index (χ2v) is 5.03. The molecule has 1 heterocycles. The Morgan fingerprint density at radius 3 is 2.81 bits per heavy atom. The highest BCUT2D eigenvalue weighted by Crippen LogP contribution is 2.33. The summed E-state index contributed by atoms with van der Waals surface area (Å²) in [6.07, 6.45) is 0.981. The zero-order chi connectivity index (χ0) is 11.7. The molecule has 0 saturated carbocycles. The zero-order valence-electron chi connectivity index (χ0n) is 9.18. The van der Waals surface area contributed by atoms with Gasteiger partial charge in [0.15, 0.2) is 5.58 Å². The van der Waals surface area contributed by atoms with Gasteiger partial charge in [0, 0.05) is 9.86 Å². The summed E-state index contributed by atoms with van der Waals surface area (Å²) in [5.41, 5.74) is 0.758. The van der Waals surface area contributed by atoms with E-state index in [4.69, 9.17) is 16.0 Å². The van der Waals surface area contributed by atoms with E-state index < -0.39 is 0 Å². The van der Waals surface area contributed by atoms with Gasteiger partial charge >= 0.3 is 0 Å². The van der Waals surface area contributed by atoms with Crippen LogP contribution in [0.25, 0.3) is 11.0 Å². The minimum atomic E-state index is 0.238. The molecule has 0 spiro atoms. The monoisotopic (exact) mass is 301 g/mol. The van der Waals surface area contributed by atoms with Gasteiger partial charge in [-0.1, -0.05) is 34.5 Å². The summed E-state index contributed by atoms with van der Waals surface area (Å²) in [5, 5.41) is 4.89. The third kappa shape index (κ3) is 2.12. The van der Waals surface area contributed by atoms with Crippen LogP contribution >= 0.6 is 27.5 Å². The number of benzene rings is 1. The molecule has 0 amide bonds. The maximum absolute atomic E-state index is 6.12. The molecule has 0 aliphatic rings. The lowest BCUT2D eigenvalue weighted by Gasteiger charge is -2.09. The number of hydrogen-bond acceptors (Lipinski definition) is 2. The van der Waals surface area contributed by atoms with Crippen molar-refractivity contribution < 1.29 is 4.42 Å². The molecule has 0 saturated heterocycles. The highest BCUT2D eigenvalue weighted by Gasteiger charge is 2.14. The Kier molecular flexibility index (Phi) is 3.57. The first kappa shape index (κ1) is 12.0. The molecule has 0 aliphatic carbocycles. The van der Waals surface area contributed by atoms with Gasteiger partial charge in [0.05, 0.1) is 11.1 Å². The van der Waals surface area contributed by atoms with Gasteiger partial charge in [-0.15, -0.1) is 0 Å². The van der Waals surface area contributed by atoms with Gasteiger partial charge < -0.3 is 9.73 Å². The van der Waals surface area contributed by atoms with Gasteiger partial charge in [0.25, 0.3) is 0 Å². The fraction of sp³-hybridized carbons (Fsp3) is 0.333. The lowest BCUT2D eigenvalue weighted by Crippen LogP contribution is -2.14. The predicted octanol–water partition coefficient (Wildman–Crippen LogP) is 4.52. The van der Waals surface area contributed by atoms with E-state index in [0.29, 0.717) is 5.02 Å². The fourth-order valence-electron chi connectivity index (χ4n) is 1.82. The topological polar surface area (TPSA) is 25.2 Å². The van der Waals surface area contributed by atoms with Gasteiger partial charge in [-0.05, 0) is 31.7 Å². The van der Waals surface area contributed by atoms with Crippen LogP contribution in [-0.4, -0.2) is 7.05 Å². The van der Waals surface area contributed by atoms with E-state index in [1.165, 1.54) is 0 Å². The first-order valence-electron chi connectivity index (χ1n) is 5.21. The summed E-state index contributed by atoms with van der Waals surface area (Å²) in [5.74, 6) is 0.931. The Labute approximate surface area is 108 Å². The Bertz CT molecular complexity index is 505. The van der Waals surface area contributed by atoms with Crippen molar-refractivity contribution in [1.29, 1.82) is 0 Å². The van der Waals surface area contributed by atoms with Crippen LogP contribution in [0.4, 0.5) is 0 Å². The molecule has 0 bridgehead atoms. The van der Waals surface area contributed by atoms with Crippen molar-refractivity contribution in [2.24, 2.45) is 0 Å². The van der Waals surface area contributed by atoms with Gasteiger partial charge in [-0.3, -0.25) is 0 Å². The van der Waals surface area contributed by atoms with Crippen molar-refractivity contribution in [3.8, 4) is 0 Å². The Morgan fingerprint density at radius 1 is 1.44 bits per heavy atom. The molecule has 1 N–H and O–H groups in total. The first-order chi connectivity index (χ1) is 7.65. The molecule has 1 aromatic heterocycles. The molecule has 2 aromatic rings. The molecular weight excluding hydrogens is 289 g/mol. The standard InChI is InChI=1S/C12H13BrClNO/c1-3-10(15-2)11-5-7-4-8(13)6-9(14)12(7)16-11/h4-6,10,15H,3H2,1-2H3. The summed E-state index contributed by atoms with van der Waals surface area (Å²) in [6.45, 7) is 2.12. The molecule has 0 fully saturated rings. The number of hydrogen-bond donors (Lipinski definition) is 1. The van der Waals surface area contributed by atoms with Crippen LogP contribution in [0.2, 0.25) is 5.02 Å². The molecule has 2 rings (SSSR count). The van der Waals surface area contributed by atoms with Crippen LogP contribution in [0.15, 0.2) is 27.1 Å². The lowest BCUT2D eigenvalue weighted by atomic mass is 10.1. The smallest absolute Gasteiger partial charge is 0.153 e. The summed E-state index contributed by atoms with van der Waals surface area (Å²) < 4.78 is 6.75. The van der Waals surface area contributed by atoms with E-state index in [2.05, 4.69) is 28.2 Å². The van der Waals surface area contributed by atoms with Gasteiger partial charge in [-0.25, -0.2) is 0 Å². The van der Waals surface area contributed by atoms with Gasteiger partial charge in [0.2, 0.25) is 0 Å². The minimum absolute atomic E-state index is 0.238. The molecule has 1 atom stereocenters. The van der Waals surface area contributed by atoms with Crippen LogP contribution < -0.4 is 5.32 Å². The molecule has 0 radical (unpaired) electrons. The zero-order valence-corrected chi connectivity index (χ0v) is 11.5. The quantitative estimate of drug-likeness (QED) is 0.902.